The van der Waals surface area contributed by atoms with E-state index in [1.165, 1.54) is 0 Å². The number of benzene rings is 1. The molecule has 10 heteroatoms. The lowest BCUT2D eigenvalue weighted by atomic mass is 9.79. The van der Waals surface area contributed by atoms with Crippen molar-refractivity contribution < 1.29 is 33.9 Å². The predicted molar refractivity (Wildman–Crippen MR) is 215 cm³/mol. The number of aliphatic hydroxyl groups excluding tert-OH is 1. The molecule has 13 atom stereocenters. The summed E-state index contributed by atoms with van der Waals surface area (Å²) in [6.45, 7) is 16.2. The molecule has 0 aliphatic carbocycles. The summed E-state index contributed by atoms with van der Waals surface area (Å²) in [6, 6.07) is 7.71. The van der Waals surface area contributed by atoms with Gasteiger partial charge in [-0.3, -0.25) is 4.57 Å². The summed E-state index contributed by atoms with van der Waals surface area (Å²) in [5, 5.41) is 23.2. The van der Waals surface area contributed by atoms with E-state index in [1.807, 2.05) is 50.4 Å². The van der Waals surface area contributed by atoms with Crippen molar-refractivity contribution in [2.45, 2.75) is 184 Å². The molecule has 0 spiro atoms. The van der Waals surface area contributed by atoms with Gasteiger partial charge in [-0.25, -0.2) is 4.79 Å². The number of nitrogens with one attached hydrogen (secondary N) is 1. The maximum atomic E-state index is 12.6. The van der Waals surface area contributed by atoms with Crippen LogP contribution < -0.4 is 5.69 Å². The summed E-state index contributed by atoms with van der Waals surface area (Å²) in [5.41, 5.74) is 1.48. The molecule has 6 heterocycles. The van der Waals surface area contributed by atoms with Crippen molar-refractivity contribution in [1.29, 1.82) is 0 Å². The first kappa shape index (κ1) is 40.4. The molecule has 2 aromatic rings. The maximum absolute atomic E-state index is 12.6. The number of aromatic amines is 1. The summed E-state index contributed by atoms with van der Waals surface area (Å²) in [5.74, 6) is 0.266. The second kappa shape index (κ2) is 16.2. The van der Waals surface area contributed by atoms with Gasteiger partial charge < -0.3 is 38.9 Å². The number of aliphatic hydroxyl groups is 2. The minimum absolute atomic E-state index is 0.0147. The summed E-state index contributed by atoms with van der Waals surface area (Å²) in [7, 11) is 0. The molecule has 5 aliphatic heterocycles. The van der Waals surface area contributed by atoms with Gasteiger partial charge in [-0.05, 0) is 116 Å². The van der Waals surface area contributed by atoms with E-state index in [4.69, 9.17) is 23.7 Å². The van der Waals surface area contributed by atoms with Gasteiger partial charge in [0.05, 0.1) is 76.7 Å². The van der Waals surface area contributed by atoms with Crippen LogP contribution in [-0.4, -0.2) is 91.5 Å². The van der Waals surface area contributed by atoms with Gasteiger partial charge in [-0.2, -0.15) is 0 Å². The molecule has 55 heavy (non-hydrogen) atoms. The number of H-pyrrole nitrogens is 1. The van der Waals surface area contributed by atoms with Crippen molar-refractivity contribution in [3.8, 4) is 0 Å². The van der Waals surface area contributed by atoms with Gasteiger partial charge in [0, 0.05) is 19.0 Å². The molecule has 0 radical (unpaired) electrons. The van der Waals surface area contributed by atoms with Crippen molar-refractivity contribution in [2.24, 2.45) is 5.92 Å². The SMILES string of the molecule is C=C/C=C\CCC1OC2CCC3(C)OC4C(O)CC5(C)OC(CC/C=C(C)/C(C)=C/n6c(=O)[nH]c7ccccc76)C(C)CC5OC4CC3OC2CCC1(C)O. The molecular weight excluding hydrogens is 697 g/mol. The highest BCUT2D eigenvalue weighted by Crippen LogP contribution is 2.49. The van der Waals surface area contributed by atoms with Crippen molar-refractivity contribution in [3.63, 3.8) is 0 Å². The fraction of sp³-hybridized carbons (Fsp3) is 0.667. The van der Waals surface area contributed by atoms with E-state index in [0.29, 0.717) is 25.7 Å². The Balaban J connectivity index is 0.994. The number of rotatable bonds is 9. The molecule has 5 saturated heterocycles. The number of imidazole rings is 1. The second-order valence-electron chi connectivity index (χ2n) is 17.8. The lowest BCUT2D eigenvalue weighted by Gasteiger charge is -2.49. The Kier molecular flexibility index (Phi) is 11.9. The molecular formula is C45H64N2O8. The number of hydrogen-bond donors (Lipinski definition) is 3. The molecule has 0 bridgehead atoms. The Bertz CT molecular complexity index is 1830. The molecule has 0 saturated carbocycles. The van der Waals surface area contributed by atoms with Gasteiger partial charge in [0.15, 0.2) is 0 Å². The zero-order valence-electron chi connectivity index (χ0n) is 33.7. The van der Waals surface area contributed by atoms with Crippen molar-refractivity contribution in [2.75, 3.05) is 0 Å². The number of para-hydroxylation sites is 2. The Morgan fingerprint density at radius 3 is 2.47 bits per heavy atom. The number of nitrogens with zero attached hydrogens (tertiary/aromatic N) is 1. The van der Waals surface area contributed by atoms with E-state index in [2.05, 4.69) is 51.4 Å². The first-order chi connectivity index (χ1) is 26.2. The molecule has 302 valence electrons. The van der Waals surface area contributed by atoms with Crippen LogP contribution in [0.25, 0.3) is 17.2 Å². The zero-order chi connectivity index (χ0) is 39.1. The van der Waals surface area contributed by atoms with Gasteiger partial charge in [-0.15, -0.1) is 0 Å². The summed E-state index contributed by atoms with van der Waals surface area (Å²) >= 11 is 0. The Morgan fingerprint density at radius 2 is 1.67 bits per heavy atom. The van der Waals surface area contributed by atoms with Crippen LogP contribution in [0.2, 0.25) is 0 Å². The van der Waals surface area contributed by atoms with Crippen LogP contribution in [0.15, 0.2) is 71.1 Å². The van der Waals surface area contributed by atoms with Crippen LogP contribution in [0.4, 0.5) is 0 Å². The van der Waals surface area contributed by atoms with Crippen molar-refractivity contribution >= 4 is 17.2 Å². The normalized spacial score (nSPS) is 41.4. The highest BCUT2D eigenvalue weighted by atomic mass is 16.6. The van der Waals surface area contributed by atoms with E-state index in [0.717, 1.165) is 67.1 Å². The molecule has 0 amide bonds. The number of aromatic nitrogens is 2. The lowest BCUT2D eigenvalue weighted by molar-refractivity contribution is -0.273. The van der Waals surface area contributed by atoms with Crippen LogP contribution in [0.5, 0.6) is 0 Å². The van der Waals surface area contributed by atoms with Crippen LogP contribution in [0.1, 0.15) is 112 Å². The van der Waals surface area contributed by atoms with E-state index in [-0.39, 0.29) is 54.3 Å². The molecule has 3 N–H and O–H groups in total. The molecule has 5 aliphatic rings. The van der Waals surface area contributed by atoms with Gasteiger partial charge in [-0.1, -0.05) is 55.5 Å². The van der Waals surface area contributed by atoms with Crippen molar-refractivity contribution in [1.82, 2.24) is 9.55 Å². The Labute approximate surface area is 326 Å². The third kappa shape index (κ3) is 8.43. The highest BCUT2D eigenvalue weighted by molar-refractivity contribution is 5.77. The number of allylic oxidation sites excluding steroid dienone is 6. The van der Waals surface area contributed by atoms with Crippen LogP contribution in [-0.2, 0) is 23.7 Å². The van der Waals surface area contributed by atoms with Gasteiger partial charge in [0.25, 0.3) is 0 Å². The predicted octanol–water partition coefficient (Wildman–Crippen LogP) is 7.54. The average molecular weight is 761 g/mol. The average Bonchev–Trinajstić information content (AvgIpc) is 3.23. The standard InChI is InChI=1S/C45H64N2O8/c1-8-9-10-11-19-38-43(5,50)22-20-35-36(51-38)21-23-44(6)40(52-35)25-37-41(55-44)33(48)26-45(7)39(53-37)24-29(3)34(54-45)18-14-15-28(2)30(4)27-47-32-17-13-12-16-31(32)46-42(47)49/h8-10,12-13,15-17,27,29,33-41,48,50H,1,11,14,18-26H2,2-7H3,(H,46,49)/b10-9-,28-15+,30-27+. The molecule has 1 aromatic carbocycles. The van der Waals surface area contributed by atoms with Gasteiger partial charge >= 0.3 is 5.69 Å². The van der Waals surface area contributed by atoms with Crippen LogP contribution in [0.3, 0.4) is 0 Å². The lowest BCUT2D eigenvalue weighted by Crippen LogP contribution is -2.59. The van der Waals surface area contributed by atoms with E-state index < -0.39 is 29.0 Å². The highest BCUT2D eigenvalue weighted by Gasteiger charge is 2.58. The summed E-state index contributed by atoms with van der Waals surface area (Å²) in [6.07, 6.45) is 15.3. The number of ether oxygens (including phenoxy) is 5. The molecule has 5 fully saturated rings. The fourth-order valence-corrected chi connectivity index (χ4v) is 9.90. The maximum Gasteiger partial charge on any atom is 0.330 e. The molecule has 7 rings (SSSR count). The third-order valence-corrected chi connectivity index (χ3v) is 13.5. The smallest absolute Gasteiger partial charge is 0.330 e. The van der Waals surface area contributed by atoms with E-state index in [1.54, 1.807) is 10.6 Å². The fourth-order valence-electron chi connectivity index (χ4n) is 9.90. The van der Waals surface area contributed by atoms with Gasteiger partial charge in [0.1, 0.15) is 6.10 Å². The summed E-state index contributed by atoms with van der Waals surface area (Å²) < 4.78 is 36.1. The molecule has 10 nitrogen and oxygen atoms in total. The van der Waals surface area contributed by atoms with Crippen LogP contribution in [0, 0.1) is 5.92 Å². The quantitative estimate of drug-likeness (QED) is 0.224. The van der Waals surface area contributed by atoms with Gasteiger partial charge in [0.2, 0.25) is 0 Å². The first-order valence-electron chi connectivity index (χ1n) is 20.7. The topological polar surface area (TPSA) is 124 Å². The van der Waals surface area contributed by atoms with Crippen molar-refractivity contribution in [3.05, 3.63) is 76.8 Å². The second-order valence-corrected chi connectivity index (χ2v) is 17.8. The van der Waals surface area contributed by atoms with Crippen LogP contribution >= 0.6 is 0 Å². The Morgan fingerprint density at radius 1 is 0.945 bits per heavy atom. The minimum atomic E-state index is -0.935. The monoisotopic (exact) mass is 760 g/mol. The largest absolute Gasteiger partial charge is 0.390 e. The minimum Gasteiger partial charge on any atom is -0.390 e. The number of hydrogen-bond acceptors (Lipinski definition) is 8. The number of fused-ring (bicyclic) bond motifs is 5. The van der Waals surface area contributed by atoms with E-state index >= 15 is 0 Å². The zero-order valence-corrected chi connectivity index (χ0v) is 33.7. The molecule has 13 unspecified atom stereocenters. The van der Waals surface area contributed by atoms with E-state index in [9.17, 15) is 15.0 Å². The third-order valence-electron chi connectivity index (χ3n) is 13.5. The first-order valence-corrected chi connectivity index (χ1v) is 20.7. The molecule has 1 aromatic heterocycles. The summed E-state index contributed by atoms with van der Waals surface area (Å²) in [4.78, 5) is 15.5. The Hall–Kier alpha value is -2.83.